The fourth-order valence-corrected chi connectivity index (χ4v) is 7.71. The number of hydrogen-bond acceptors (Lipinski definition) is 3. The molecule has 4 nitrogen and oxygen atoms in total. The lowest BCUT2D eigenvalue weighted by Crippen LogP contribution is -2.26. The Kier molecular flexibility index (Phi) is 5.98. The van der Waals surface area contributed by atoms with Crippen molar-refractivity contribution < 1.29 is 0 Å². The Morgan fingerprint density at radius 1 is 0.521 bits per heavy atom. The first kappa shape index (κ1) is 26.9. The van der Waals surface area contributed by atoms with E-state index < -0.39 is 0 Å². The quantitative estimate of drug-likeness (QED) is 0.200. The second kappa shape index (κ2) is 10.7. The molecule has 7 aromatic carbocycles. The van der Waals surface area contributed by atoms with Gasteiger partial charge in [-0.2, -0.15) is 0 Å². The van der Waals surface area contributed by atoms with E-state index in [0.29, 0.717) is 0 Å². The number of aromatic nitrogens is 2. The van der Waals surface area contributed by atoms with Gasteiger partial charge in [-0.1, -0.05) is 103 Å². The Morgan fingerprint density at radius 2 is 1.29 bits per heavy atom. The monoisotopic (exact) mass is 614 g/mol. The normalized spacial score (nSPS) is 12.8. The van der Waals surface area contributed by atoms with Crippen LogP contribution in [0.15, 0.2) is 164 Å². The highest BCUT2D eigenvalue weighted by Gasteiger charge is 2.26. The summed E-state index contributed by atoms with van der Waals surface area (Å²) in [6, 6.07) is 56.8. The largest absolute Gasteiger partial charge is 0.308 e. The second-order valence-electron chi connectivity index (χ2n) is 12.5. The number of rotatable bonds is 4. The van der Waals surface area contributed by atoms with E-state index >= 15 is 0 Å². The van der Waals surface area contributed by atoms with Crippen LogP contribution in [-0.4, -0.2) is 9.55 Å². The Morgan fingerprint density at radius 3 is 2.15 bits per heavy atom. The van der Waals surface area contributed by atoms with E-state index in [1.165, 1.54) is 65.7 Å². The number of hydrazine groups is 1. The first-order chi connectivity index (χ1) is 23.8. The molecule has 0 saturated carbocycles. The molecule has 0 amide bonds. The summed E-state index contributed by atoms with van der Waals surface area (Å²) in [7, 11) is 0. The number of benzene rings is 7. The molecule has 0 fully saturated rings. The number of anilines is 2. The van der Waals surface area contributed by atoms with Gasteiger partial charge in [-0.25, -0.2) is 5.43 Å². The van der Waals surface area contributed by atoms with Crippen LogP contribution in [0.25, 0.3) is 71.4 Å². The molecule has 0 saturated heterocycles. The summed E-state index contributed by atoms with van der Waals surface area (Å²) in [5.41, 5.74) is 15.2. The maximum atomic E-state index is 4.79. The van der Waals surface area contributed by atoms with E-state index in [-0.39, 0.29) is 0 Å². The van der Waals surface area contributed by atoms with E-state index in [1.807, 2.05) is 12.3 Å². The van der Waals surface area contributed by atoms with Crippen molar-refractivity contribution >= 4 is 54.7 Å². The molecule has 0 unspecified atom stereocenters. The zero-order valence-electron chi connectivity index (χ0n) is 26.1. The van der Waals surface area contributed by atoms with Gasteiger partial charge in [0.1, 0.15) is 0 Å². The molecule has 226 valence electrons. The maximum Gasteiger partial charge on any atom is 0.0723 e. The highest BCUT2D eigenvalue weighted by molar-refractivity contribution is 6.30. The molecule has 1 aliphatic rings. The van der Waals surface area contributed by atoms with Crippen LogP contribution in [0.5, 0.6) is 0 Å². The molecule has 3 heterocycles. The lowest BCUT2D eigenvalue weighted by molar-refractivity contribution is 0.766. The molecule has 0 bridgehead atoms. The predicted octanol–water partition coefficient (Wildman–Crippen LogP) is 11.0. The zero-order chi connectivity index (χ0) is 31.6. The summed E-state index contributed by atoms with van der Waals surface area (Å²) < 4.78 is 2.46. The summed E-state index contributed by atoms with van der Waals surface area (Å²) in [6.07, 6.45) is 1.87. The molecule has 4 heteroatoms. The van der Waals surface area contributed by atoms with Gasteiger partial charge in [0.05, 0.1) is 33.8 Å². The van der Waals surface area contributed by atoms with Crippen LogP contribution in [0.4, 0.5) is 11.4 Å². The van der Waals surface area contributed by atoms with Crippen molar-refractivity contribution in [3.63, 3.8) is 0 Å². The summed E-state index contributed by atoms with van der Waals surface area (Å²) >= 11 is 0. The van der Waals surface area contributed by atoms with Gasteiger partial charge in [-0.3, -0.25) is 9.99 Å². The third-order valence-corrected chi connectivity index (χ3v) is 9.81. The van der Waals surface area contributed by atoms with Crippen molar-refractivity contribution in [2.24, 2.45) is 0 Å². The maximum absolute atomic E-state index is 4.79. The third-order valence-electron chi connectivity index (χ3n) is 9.81. The lowest BCUT2D eigenvalue weighted by Gasteiger charge is -2.20. The smallest absolute Gasteiger partial charge is 0.0723 e. The van der Waals surface area contributed by atoms with Crippen molar-refractivity contribution in [2.45, 2.75) is 6.54 Å². The van der Waals surface area contributed by atoms with Gasteiger partial charge in [-0.15, -0.1) is 0 Å². The average Bonchev–Trinajstić information content (AvgIpc) is 3.73. The lowest BCUT2D eigenvalue weighted by atomic mass is 9.91. The van der Waals surface area contributed by atoms with Gasteiger partial charge >= 0.3 is 0 Å². The first-order valence-corrected chi connectivity index (χ1v) is 16.4. The van der Waals surface area contributed by atoms with E-state index in [4.69, 9.17) is 4.98 Å². The van der Waals surface area contributed by atoms with Gasteiger partial charge in [0, 0.05) is 34.5 Å². The molecule has 0 aliphatic carbocycles. The number of nitrogens with zero attached hydrogens (tertiary/aromatic N) is 3. The molecule has 0 atom stereocenters. The second-order valence-corrected chi connectivity index (χ2v) is 12.5. The van der Waals surface area contributed by atoms with Crippen molar-refractivity contribution in [2.75, 3.05) is 5.01 Å². The summed E-state index contributed by atoms with van der Waals surface area (Å²) in [5, 5.41) is 9.79. The minimum atomic E-state index is 0.762. The molecule has 10 rings (SSSR count). The molecule has 48 heavy (non-hydrogen) atoms. The number of nitrogens with one attached hydrogen (secondary N) is 1. The van der Waals surface area contributed by atoms with Crippen molar-refractivity contribution in [1.82, 2.24) is 15.0 Å². The summed E-state index contributed by atoms with van der Waals surface area (Å²) in [5.74, 6) is 0. The SMILES string of the molecule is c1ccc(-c2cc3ccccc3c3c2ccc2c3c3cc4c(cc3n2-c2ccccc2-c2ccccn2)N(c2ccccc2)NC4)cc1. The van der Waals surface area contributed by atoms with Gasteiger partial charge in [-0.05, 0) is 87.4 Å². The molecular weight excluding hydrogens is 585 g/mol. The Bertz CT molecular complexity index is 2660. The first-order valence-electron chi connectivity index (χ1n) is 16.4. The van der Waals surface area contributed by atoms with Crippen molar-refractivity contribution in [3.8, 4) is 28.1 Å². The fourth-order valence-electron chi connectivity index (χ4n) is 7.71. The van der Waals surface area contributed by atoms with Crippen LogP contribution in [0.1, 0.15) is 5.56 Å². The minimum absolute atomic E-state index is 0.762. The minimum Gasteiger partial charge on any atom is -0.308 e. The van der Waals surface area contributed by atoms with Crippen LogP contribution in [0.3, 0.4) is 0 Å². The highest BCUT2D eigenvalue weighted by atomic mass is 15.5. The van der Waals surface area contributed by atoms with Crippen LogP contribution in [-0.2, 0) is 6.54 Å². The molecule has 1 N–H and O–H groups in total. The Hall–Kier alpha value is -6.23. The molecule has 2 aromatic heterocycles. The predicted molar refractivity (Wildman–Crippen MR) is 200 cm³/mol. The van der Waals surface area contributed by atoms with Crippen molar-refractivity contribution in [1.29, 1.82) is 0 Å². The molecular formula is C44H30N4. The average molecular weight is 615 g/mol. The van der Waals surface area contributed by atoms with E-state index in [0.717, 1.165) is 29.2 Å². The number of fused-ring (bicyclic) bond motifs is 8. The van der Waals surface area contributed by atoms with Gasteiger partial charge < -0.3 is 4.57 Å². The van der Waals surface area contributed by atoms with Crippen molar-refractivity contribution in [3.05, 3.63) is 169 Å². The standard InChI is InChI=1S/C44H30N4/c1-3-13-29(14-4-1)36-25-30-15-7-8-18-33(30)43-34(36)22-23-40-44(43)37-26-31-28-46-48(32-16-5-2-6-17-32)41(31)27-42(37)47(40)39-21-10-9-19-35(39)38-20-11-12-24-45-38/h1-27,46H,28H2. The molecule has 1 aliphatic heterocycles. The number of para-hydroxylation sites is 2. The van der Waals surface area contributed by atoms with Gasteiger partial charge in [0.15, 0.2) is 0 Å². The number of hydrogen-bond donors (Lipinski definition) is 1. The zero-order valence-corrected chi connectivity index (χ0v) is 26.1. The summed E-state index contributed by atoms with van der Waals surface area (Å²) in [6.45, 7) is 0.762. The van der Waals surface area contributed by atoms with Crippen LogP contribution in [0.2, 0.25) is 0 Å². The van der Waals surface area contributed by atoms with Gasteiger partial charge in [0.2, 0.25) is 0 Å². The molecule has 0 spiro atoms. The molecule has 0 radical (unpaired) electrons. The Balaban J connectivity index is 1.38. The molecule has 9 aromatic rings. The van der Waals surface area contributed by atoms with Gasteiger partial charge in [0.25, 0.3) is 0 Å². The van der Waals surface area contributed by atoms with Crippen LogP contribution < -0.4 is 10.4 Å². The topological polar surface area (TPSA) is 33.1 Å². The van der Waals surface area contributed by atoms with E-state index in [9.17, 15) is 0 Å². The summed E-state index contributed by atoms with van der Waals surface area (Å²) in [4.78, 5) is 4.79. The highest BCUT2D eigenvalue weighted by Crippen LogP contribution is 2.46. The number of pyridine rings is 1. The Labute approximate surface area is 278 Å². The van der Waals surface area contributed by atoms with Crippen LogP contribution in [0, 0.1) is 0 Å². The fraction of sp³-hybridized carbons (Fsp3) is 0.0227. The van der Waals surface area contributed by atoms with E-state index in [2.05, 4.69) is 167 Å². The van der Waals surface area contributed by atoms with E-state index in [1.54, 1.807) is 0 Å². The van der Waals surface area contributed by atoms with Crippen LogP contribution >= 0.6 is 0 Å². The third kappa shape index (κ3) is 4.03.